The van der Waals surface area contributed by atoms with E-state index in [9.17, 15) is 9.59 Å². The van der Waals surface area contributed by atoms with Gasteiger partial charge in [0.15, 0.2) is 0 Å². The molecule has 1 heterocycles. The number of halogens is 1. The molecule has 1 fully saturated rings. The van der Waals surface area contributed by atoms with Gasteiger partial charge in [0.1, 0.15) is 6.54 Å². The highest BCUT2D eigenvalue weighted by molar-refractivity contribution is 9.10. The van der Waals surface area contributed by atoms with Crippen LogP contribution in [0.1, 0.15) is 19.8 Å². The number of ether oxygens (including phenoxy) is 1. The molecule has 1 saturated heterocycles. The smallest absolute Gasteiger partial charge is 0.410 e. The number of carbonyl (C=O) groups is 2. The number of anilines is 2. The second-order valence-corrected chi connectivity index (χ2v) is 5.96. The summed E-state index contributed by atoms with van der Waals surface area (Å²) in [5, 5.41) is 0. The van der Waals surface area contributed by atoms with Crippen LogP contribution in [-0.4, -0.2) is 43.1 Å². The van der Waals surface area contributed by atoms with Crippen molar-refractivity contribution in [2.75, 3.05) is 36.9 Å². The summed E-state index contributed by atoms with van der Waals surface area (Å²) in [6.07, 6.45) is 1.36. The Morgan fingerprint density at radius 1 is 1.41 bits per heavy atom. The summed E-state index contributed by atoms with van der Waals surface area (Å²) < 4.78 is 5.89. The van der Waals surface area contributed by atoms with E-state index in [2.05, 4.69) is 15.9 Å². The molecule has 120 valence electrons. The van der Waals surface area contributed by atoms with Crippen molar-refractivity contribution in [3.63, 3.8) is 0 Å². The highest BCUT2D eigenvalue weighted by Gasteiger charge is 2.29. The van der Waals surface area contributed by atoms with Crippen molar-refractivity contribution in [2.24, 2.45) is 0 Å². The summed E-state index contributed by atoms with van der Waals surface area (Å²) in [4.78, 5) is 27.2. The number of nitrogens with two attached hydrogens (primary N) is 1. The van der Waals surface area contributed by atoms with Gasteiger partial charge < -0.3 is 15.4 Å². The molecule has 0 unspecified atom stereocenters. The van der Waals surface area contributed by atoms with E-state index in [-0.39, 0.29) is 12.5 Å². The molecular formula is C15H20BrN3O3. The Kier molecular flexibility index (Phi) is 5.65. The van der Waals surface area contributed by atoms with Gasteiger partial charge in [0, 0.05) is 17.6 Å². The Balaban J connectivity index is 2.00. The minimum absolute atomic E-state index is 0.0108. The minimum Gasteiger partial charge on any atom is -0.449 e. The second kappa shape index (κ2) is 7.49. The van der Waals surface area contributed by atoms with Gasteiger partial charge in [-0.3, -0.25) is 9.69 Å². The van der Waals surface area contributed by atoms with Crippen molar-refractivity contribution in [3.8, 4) is 0 Å². The topological polar surface area (TPSA) is 75.9 Å². The van der Waals surface area contributed by atoms with E-state index in [1.165, 1.54) is 4.90 Å². The predicted octanol–water partition coefficient (Wildman–Crippen LogP) is 2.62. The van der Waals surface area contributed by atoms with Crippen molar-refractivity contribution >= 4 is 39.3 Å². The first-order chi connectivity index (χ1) is 10.5. The van der Waals surface area contributed by atoms with Gasteiger partial charge in [-0.25, -0.2) is 4.79 Å². The molecule has 1 aromatic carbocycles. The Labute approximate surface area is 138 Å². The lowest BCUT2D eigenvalue weighted by Crippen LogP contribution is -2.52. The molecule has 0 bridgehead atoms. The normalized spacial score (nSPS) is 15.1. The van der Waals surface area contributed by atoms with E-state index in [0.717, 1.165) is 17.3 Å². The van der Waals surface area contributed by atoms with Gasteiger partial charge in [-0.1, -0.05) is 19.4 Å². The van der Waals surface area contributed by atoms with Crippen LogP contribution >= 0.6 is 15.9 Å². The van der Waals surface area contributed by atoms with E-state index in [0.29, 0.717) is 31.1 Å². The maximum Gasteiger partial charge on any atom is 0.410 e. The first-order valence-corrected chi connectivity index (χ1v) is 8.10. The van der Waals surface area contributed by atoms with Crippen molar-refractivity contribution in [2.45, 2.75) is 19.8 Å². The predicted molar refractivity (Wildman–Crippen MR) is 88.7 cm³/mol. The highest BCUT2D eigenvalue weighted by Crippen LogP contribution is 2.31. The maximum atomic E-state index is 12.3. The van der Waals surface area contributed by atoms with Crippen LogP contribution in [0.2, 0.25) is 0 Å². The molecule has 2 rings (SSSR count). The molecule has 2 amide bonds. The molecule has 0 spiro atoms. The minimum atomic E-state index is -0.427. The molecule has 22 heavy (non-hydrogen) atoms. The molecule has 7 heteroatoms. The highest BCUT2D eigenvalue weighted by atomic mass is 79.9. The number of hydrogen-bond donors (Lipinski definition) is 1. The SMILES string of the molecule is CCCCOC(=O)N1CCN(c2cccc(Br)c2N)C(=O)C1. The molecule has 0 aromatic heterocycles. The van der Waals surface area contributed by atoms with Gasteiger partial charge in [0.2, 0.25) is 5.91 Å². The summed E-state index contributed by atoms with van der Waals surface area (Å²) in [7, 11) is 0. The number of benzene rings is 1. The van der Waals surface area contributed by atoms with Gasteiger partial charge in [0.25, 0.3) is 0 Å². The van der Waals surface area contributed by atoms with Gasteiger partial charge in [-0.15, -0.1) is 0 Å². The summed E-state index contributed by atoms with van der Waals surface area (Å²) >= 11 is 3.36. The largest absolute Gasteiger partial charge is 0.449 e. The second-order valence-electron chi connectivity index (χ2n) is 5.11. The van der Waals surface area contributed by atoms with Gasteiger partial charge in [-0.2, -0.15) is 0 Å². The first kappa shape index (κ1) is 16.6. The number of nitrogen functional groups attached to an aromatic ring is 1. The fourth-order valence-electron chi connectivity index (χ4n) is 2.24. The number of nitrogens with zero attached hydrogens (tertiary/aromatic N) is 2. The van der Waals surface area contributed by atoms with Crippen molar-refractivity contribution in [1.82, 2.24) is 4.90 Å². The van der Waals surface area contributed by atoms with Crippen LogP contribution in [0.25, 0.3) is 0 Å². The number of piperazine rings is 1. The number of para-hydroxylation sites is 1. The van der Waals surface area contributed by atoms with E-state index in [1.807, 2.05) is 19.1 Å². The number of rotatable bonds is 4. The fraction of sp³-hybridized carbons (Fsp3) is 0.467. The van der Waals surface area contributed by atoms with Crippen LogP contribution in [0.5, 0.6) is 0 Å². The van der Waals surface area contributed by atoms with Crippen molar-refractivity contribution in [1.29, 1.82) is 0 Å². The third-order valence-corrected chi connectivity index (χ3v) is 4.21. The molecular weight excluding hydrogens is 350 g/mol. The van der Waals surface area contributed by atoms with Crippen LogP contribution < -0.4 is 10.6 Å². The van der Waals surface area contributed by atoms with Gasteiger partial charge in [-0.05, 0) is 34.5 Å². The van der Waals surface area contributed by atoms with Crippen molar-refractivity contribution < 1.29 is 14.3 Å². The maximum absolute atomic E-state index is 12.3. The third-order valence-electron chi connectivity index (χ3n) is 3.52. The Morgan fingerprint density at radius 2 is 2.18 bits per heavy atom. The van der Waals surface area contributed by atoms with E-state index in [1.54, 1.807) is 11.0 Å². The summed E-state index contributed by atoms with van der Waals surface area (Å²) in [5.74, 6) is -0.163. The molecule has 0 aliphatic carbocycles. The Hall–Kier alpha value is -1.76. The monoisotopic (exact) mass is 369 g/mol. The lowest BCUT2D eigenvalue weighted by atomic mass is 10.2. The fourth-order valence-corrected chi connectivity index (χ4v) is 2.60. The molecule has 0 radical (unpaired) electrons. The van der Waals surface area contributed by atoms with Gasteiger partial charge >= 0.3 is 6.09 Å². The summed E-state index contributed by atoms with van der Waals surface area (Å²) in [6, 6.07) is 5.45. The van der Waals surface area contributed by atoms with Crippen LogP contribution in [0.3, 0.4) is 0 Å². The van der Waals surface area contributed by atoms with Crippen LogP contribution in [0, 0.1) is 0 Å². The molecule has 1 aliphatic heterocycles. The van der Waals surface area contributed by atoms with Crippen LogP contribution in [0.15, 0.2) is 22.7 Å². The van der Waals surface area contributed by atoms with Crippen LogP contribution in [0.4, 0.5) is 16.2 Å². The van der Waals surface area contributed by atoms with Crippen molar-refractivity contribution in [3.05, 3.63) is 22.7 Å². The first-order valence-electron chi connectivity index (χ1n) is 7.30. The molecule has 1 aliphatic rings. The average molecular weight is 370 g/mol. The average Bonchev–Trinajstić information content (AvgIpc) is 2.50. The lowest BCUT2D eigenvalue weighted by molar-refractivity contribution is -0.120. The summed E-state index contributed by atoms with van der Waals surface area (Å²) in [5.41, 5.74) is 7.19. The van der Waals surface area contributed by atoms with E-state index >= 15 is 0 Å². The molecule has 2 N–H and O–H groups in total. The van der Waals surface area contributed by atoms with Crippen LogP contribution in [-0.2, 0) is 9.53 Å². The van der Waals surface area contributed by atoms with E-state index in [4.69, 9.17) is 10.5 Å². The zero-order chi connectivity index (χ0) is 16.1. The quantitative estimate of drug-likeness (QED) is 0.653. The standard InChI is InChI=1S/C15H20BrN3O3/c1-2-3-9-22-15(21)18-7-8-19(13(20)10-18)12-6-4-5-11(16)14(12)17/h4-6H,2-3,7-10,17H2,1H3. The zero-order valence-electron chi connectivity index (χ0n) is 12.5. The Morgan fingerprint density at radius 3 is 2.86 bits per heavy atom. The molecule has 1 aromatic rings. The molecule has 0 atom stereocenters. The number of unbranched alkanes of at least 4 members (excludes halogenated alkanes) is 1. The third kappa shape index (κ3) is 3.71. The number of hydrogen-bond acceptors (Lipinski definition) is 4. The molecule has 0 saturated carbocycles. The summed E-state index contributed by atoms with van der Waals surface area (Å²) in [6.45, 7) is 3.27. The van der Waals surface area contributed by atoms with E-state index < -0.39 is 6.09 Å². The zero-order valence-corrected chi connectivity index (χ0v) is 14.1. The number of carbonyl (C=O) groups excluding carboxylic acids is 2. The Bertz CT molecular complexity index is 565. The lowest BCUT2D eigenvalue weighted by Gasteiger charge is -2.34. The molecule has 6 nitrogen and oxygen atoms in total. The van der Waals surface area contributed by atoms with Gasteiger partial charge in [0.05, 0.1) is 18.0 Å². The number of amides is 2.